The van der Waals surface area contributed by atoms with Gasteiger partial charge in [-0.1, -0.05) is 158 Å². The van der Waals surface area contributed by atoms with Crippen LogP contribution in [0, 0.1) is 0 Å². The molecule has 1 fully saturated rings. The van der Waals surface area contributed by atoms with E-state index in [1.54, 1.807) is 0 Å². The van der Waals surface area contributed by atoms with Crippen molar-refractivity contribution in [2.45, 2.75) is 236 Å². The summed E-state index contributed by atoms with van der Waals surface area (Å²) in [7, 11) is -5.13. The van der Waals surface area contributed by atoms with Gasteiger partial charge in [0.1, 0.15) is 43.2 Å². The highest BCUT2D eigenvalue weighted by molar-refractivity contribution is 7.47. The number of hydrogen-bond acceptors (Lipinski definition) is 12. The molecular formula is C51H89O13P. The van der Waals surface area contributed by atoms with Crippen LogP contribution in [-0.4, -0.2) is 98.3 Å². The van der Waals surface area contributed by atoms with E-state index in [2.05, 4.69) is 74.6 Å². The molecular weight excluding hydrogens is 852 g/mol. The largest absolute Gasteiger partial charge is 0.472 e. The Balaban J connectivity index is 2.45. The second-order valence-corrected chi connectivity index (χ2v) is 18.7. The van der Waals surface area contributed by atoms with E-state index in [0.29, 0.717) is 12.8 Å². The fourth-order valence-electron chi connectivity index (χ4n) is 7.26. The van der Waals surface area contributed by atoms with Crippen molar-refractivity contribution >= 4 is 19.8 Å². The highest BCUT2D eigenvalue weighted by Gasteiger charge is 2.51. The molecule has 8 atom stereocenters. The lowest BCUT2D eigenvalue weighted by Crippen LogP contribution is -2.64. The summed E-state index contributed by atoms with van der Waals surface area (Å²) in [4.78, 5) is 35.8. The summed E-state index contributed by atoms with van der Waals surface area (Å²) in [6.07, 6.45) is 36.9. The van der Waals surface area contributed by atoms with E-state index in [0.717, 1.165) is 77.0 Å². The van der Waals surface area contributed by atoms with E-state index in [-0.39, 0.29) is 12.8 Å². The lowest BCUT2D eigenvalue weighted by atomic mass is 9.85. The van der Waals surface area contributed by atoms with Crippen LogP contribution < -0.4 is 0 Å². The summed E-state index contributed by atoms with van der Waals surface area (Å²) >= 11 is 0. The number of hydrogen-bond donors (Lipinski definition) is 6. The zero-order valence-electron chi connectivity index (χ0n) is 40.0. The number of allylic oxidation sites excluding steroid dienone is 10. The zero-order valence-corrected chi connectivity index (χ0v) is 40.9. The first-order valence-electron chi connectivity index (χ1n) is 25.1. The van der Waals surface area contributed by atoms with Crippen LogP contribution in [0.2, 0.25) is 0 Å². The van der Waals surface area contributed by atoms with Crippen molar-refractivity contribution in [3.05, 3.63) is 60.8 Å². The first-order valence-corrected chi connectivity index (χ1v) is 26.6. The van der Waals surface area contributed by atoms with Crippen molar-refractivity contribution in [1.82, 2.24) is 0 Å². The Labute approximate surface area is 392 Å². The van der Waals surface area contributed by atoms with Crippen molar-refractivity contribution in [1.29, 1.82) is 0 Å². The van der Waals surface area contributed by atoms with Gasteiger partial charge in [-0.25, -0.2) is 4.57 Å². The molecule has 6 unspecified atom stereocenters. The number of phosphoric acid groups is 1. The smallest absolute Gasteiger partial charge is 0.462 e. The first-order chi connectivity index (χ1) is 31.4. The minimum atomic E-state index is -5.13. The normalized spacial score (nSPS) is 21.9. The molecule has 1 aliphatic carbocycles. The van der Waals surface area contributed by atoms with Gasteiger partial charge >= 0.3 is 19.8 Å². The molecule has 0 amide bonds. The van der Waals surface area contributed by atoms with Crippen LogP contribution in [-0.2, 0) is 32.7 Å². The Morgan fingerprint density at radius 2 is 0.831 bits per heavy atom. The minimum absolute atomic E-state index is 0.0571. The highest BCUT2D eigenvalue weighted by Crippen LogP contribution is 2.47. The lowest BCUT2D eigenvalue weighted by Gasteiger charge is -2.41. The van der Waals surface area contributed by atoms with E-state index < -0.39 is 75.7 Å². The van der Waals surface area contributed by atoms with Gasteiger partial charge in [0.15, 0.2) is 6.10 Å². The zero-order chi connectivity index (χ0) is 47.8. The monoisotopic (exact) mass is 941 g/mol. The van der Waals surface area contributed by atoms with Crippen molar-refractivity contribution in [2.24, 2.45) is 0 Å². The third kappa shape index (κ3) is 32.8. The van der Waals surface area contributed by atoms with Gasteiger partial charge in [0, 0.05) is 12.8 Å². The molecule has 0 radical (unpaired) electrons. The number of esters is 2. The van der Waals surface area contributed by atoms with E-state index in [9.17, 15) is 44.6 Å². The van der Waals surface area contributed by atoms with Gasteiger partial charge in [-0.15, -0.1) is 0 Å². The maximum Gasteiger partial charge on any atom is 0.472 e. The molecule has 0 aromatic heterocycles. The molecule has 13 nitrogen and oxygen atoms in total. The SMILES string of the molecule is CCCCC/C=C/C/C=C/C/C=C/C/C=C/CCCCCC(=O)O[C@H](COC(=O)CCCCCCCCCCC/C=C/CCCCCC)COP(=O)(O)OC1C(O)C(O)C(O)[C@@H](O)C1O. The molecule has 6 N–H and O–H groups in total. The van der Waals surface area contributed by atoms with Gasteiger partial charge < -0.3 is 39.9 Å². The number of aliphatic hydroxyl groups excluding tert-OH is 5. The molecule has 0 spiro atoms. The Hall–Kier alpha value is -2.45. The summed E-state index contributed by atoms with van der Waals surface area (Å²) < 4.78 is 33.6. The summed E-state index contributed by atoms with van der Waals surface area (Å²) in [5.41, 5.74) is 0. The molecule has 0 heterocycles. The number of ether oxygens (including phenoxy) is 2. The van der Waals surface area contributed by atoms with Gasteiger partial charge in [0.2, 0.25) is 0 Å². The number of rotatable bonds is 41. The van der Waals surface area contributed by atoms with E-state index in [1.807, 2.05) is 0 Å². The topological polar surface area (TPSA) is 210 Å². The van der Waals surface area contributed by atoms with Crippen LogP contribution in [0.4, 0.5) is 0 Å². The Bertz CT molecular complexity index is 1370. The number of carbonyl (C=O) groups is 2. The molecule has 1 rings (SSSR count). The first kappa shape index (κ1) is 60.6. The van der Waals surface area contributed by atoms with Crippen molar-refractivity contribution in [3.8, 4) is 0 Å². The van der Waals surface area contributed by atoms with Gasteiger partial charge in [-0.05, 0) is 83.5 Å². The number of carbonyl (C=O) groups excluding carboxylic acids is 2. The summed E-state index contributed by atoms with van der Waals surface area (Å²) in [5.74, 6) is -1.14. The molecule has 1 saturated carbocycles. The van der Waals surface area contributed by atoms with E-state index in [1.165, 1.54) is 77.0 Å². The molecule has 0 saturated heterocycles. The van der Waals surface area contributed by atoms with Crippen LogP contribution in [0.25, 0.3) is 0 Å². The number of aliphatic hydroxyl groups is 5. The molecule has 65 heavy (non-hydrogen) atoms. The third-order valence-electron chi connectivity index (χ3n) is 11.3. The Morgan fingerprint density at radius 3 is 1.32 bits per heavy atom. The average molecular weight is 941 g/mol. The van der Waals surface area contributed by atoms with Crippen molar-refractivity contribution in [3.63, 3.8) is 0 Å². The highest BCUT2D eigenvalue weighted by atomic mass is 31.2. The maximum atomic E-state index is 12.8. The van der Waals surface area contributed by atoms with Crippen molar-refractivity contribution < 1.29 is 63.1 Å². The van der Waals surface area contributed by atoms with Crippen LogP contribution >= 0.6 is 7.82 Å². The third-order valence-corrected chi connectivity index (χ3v) is 12.3. The van der Waals surface area contributed by atoms with Gasteiger partial charge in [-0.3, -0.25) is 18.6 Å². The second kappa shape index (κ2) is 40.6. The van der Waals surface area contributed by atoms with E-state index in [4.69, 9.17) is 18.5 Å². The van der Waals surface area contributed by atoms with Crippen LogP contribution in [0.3, 0.4) is 0 Å². The maximum absolute atomic E-state index is 12.8. The number of phosphoric ester groups is 1. The number of unbranched alkanes of at least 4 members (excludes halogenated alkanes) is 19. The Morgan fingerprint density at radius 1 is 0.477 bits per heavy atom. The second-order valence-electron chi connectivity index (χ2n) is 17.3. The van der Waals surface area contributed by atoms with Crippen molar-refractivity contribution in [2.75, 3.05) is 13.2 Å². The standard InChI is InChI=1S/C51H89O13P/c1-3-5-7-9-11-13-15-17-19-21-22-24-26-28-30-32-34-36-38-40-45(53)63-43(42-62-65(59,60)64-51-49(57)47(55)46(54)48(56)50(51)58)41-61-44(52)39-37-35-33-31-29-27-25-23-20-18-16-14-12-10-8-6-4-2/h11,13-14,16-17,19,22,24,28,30,43,46-51,54-58H,3-10,12,15,18,20-21,23,25-27,29,31-42H2,1-2H3,(H,59,60)/b13-11+,16-14+,19-17+,24-22+,30-28+/t43-,46?,47-,48?,49?,50?,51?/m1/s1. The fourth-order valence-corrected chi connectivity index (χ4v) is 8.24. The lowest BCUT2D eigenvalue weighted by molar-refractivity contribution is -0.220. The molecule has 0 bridgehead atoms. The molecule has 0 aliphatic heterocycles. The van der Waals surface area contributed by atoms with Crippen LogP contribution in [0.15, 0.2) is 60.8 Å². The molecule has 1 aliphatic rings. The minimum Gasteiger partial charge on any atom is -0.462 e. The van der Waals surface area contributed by atoms with Gasteiger partial charge in [-0.2, -0.15) is 0 Å². The van der Waals surface area contributed by atoms with E-state index >= 15 is 0 Å². The Kier molecular flexibility index (Phi) is 37.8. The summed E-state index contributed by atoms with van der Waals surface area (Å²) in [6.45, 7) is 3.24. The van der Waals surface area contributed by atoms with Gasteiger partial charge in [0.05, 0.1) is 6.61 Å². The summed E-state index contributed by atoms with van der Waals surface area (Å²) in [6, 6.07) is 0. The van der Waals surface area contributed by atoms with Gasteiger partial charge in [0.25, 0.3) is 0 Å². The fraction of sp³-hybridized carbons (Fsp3) is 0.765. The molecule has 0 aromatic carbocycles. The quantitative estimate of drug-likeness (QED) is 0.0146. The molecule has 0 aromatic rings. The molecule has 14 heteroatoms. The predicted molar refractivity (Wildman–Crippen MR) is 258 cm³/mol. The average Bonchev–Trinajstić information content (AvgIpc) is 3.29. The molecule has 376 valence electrons. The van der Waals surface area contributed by atoms with Crippen LogP contribution in [0.5, 0.6) is 0 Å². The van der Waals surface area contributed by atoms with Crippen LogP contribution in [0.1, 0.15) is 194 Å². The summed E-state index contributed by atoms with van der Waals surface area (Å²) in [5, 5.41) is 50.2. The predicted octanol–water partition coefficient (Wildman–Crippen LogP) is 10.5.